The maximum Gasteiger partial charge on any atom is 0.315 e. The van der Waals surface area contributed by atoms with E-state index in [0.29, 0.717) is 23.7 Å². The van der Waals surface area contributed by atoms with Crippen molar-refractivity contribution in [1.82, 2.24) is 16.0 Å². The van der Waals surface area contributed by atoms with Crippen LogP contribution < -0.4 is 16.0 Å². The van der Waals surface area contributed by atoms with Gasteiger partial charge in [-0.05, 0) is 29.3 Å². The monoisotopic (exact) mass is 331 g/mol. The van der Waals surface area contributed by atoms with Gasteiger partial charge in [0.25, 0.3) is 5.91 Å². The fourth-order valence-corrected chi connectivity index (χ4v) is 2.18. The first-order valence-electron chi connectivity index (χ1n) is 7.16. The Morgan fingerprint density at radius 1 is 0.957 bits per heavy atom. The second-order valence-corrected chi connectivity index (χ2v) is 5.31. The van der Waals surface area contributed by atoms with Gasteiger partial charge in [0.1, 0.15) is 0 Å². The lowest BCUT2D eigenvalue weighted by atomic mass is 10.1. The molecule has 0 saturated heterocycles. The van der Waals surface area contributed by atoms with Crippen LogP contribution in [0, 0.1) is 0 Å². The molecule has 3 N–H and O–H groups in total. The van der Waals surface area contributed by atoms with Crippen LogP contribution >= 0.6 is 11.6 Å². The van der Waals surface area contributed by atoms with Crippen molar-refractivity contribution in [3.8, 4) is 0 Å². The molecule has 2 aromatic rings. The first-order chi connectivity index (χ1) is 11.1. The quantitative estimate of drug-likeness (QED) is 0.788. The van der Waals surface area contributed by atoms with Gasteiger partial charge in [-0.25, -0.2) is 4.79 Å². The lowest BCUT2D eigenvalue weighted by molar-refractivity contribution is 0.0963. The Morgan fingerprint density at radius 2 is 1.61 bits per heavy atom. The van der Waals surface area contributed by atoms with Crippen LogP contribution in [0.25, 0.3) is 0 Å². The van der Waals surface area contributed by atoms with Gasteiger partial charge >= 0.3 is 6.03 Å². The number of rotatable bonds is 5. The minimum Gasteiger partial charge on any atom is -0.355 e. The van der Waals surface area contributed by atoms with Crippen LogP contribution in [-0.2, 0) is 13.1 Å². The number of amides is 3. The minimum atomic E-state index is -0.278. The van der Waals surface area contributed by atoms with Gasteiger partial charge in [-0.2, -0.15) is 0 Å². The van der Waals surface area contributed by atoms with Gasteiger partial charge < -0.3 is 16.0 Å². The zero-order valence-electron chi connectivity index (χ0n) is 12.7. The van der Waals surface area contributed by atoms with E-state index < -0.39 is 0 Å². The van der Waals surface area contributed by atoms with Crippen molar-refractivity contribution < 1.29 is 9.59 Å². The standard InChI is InChI=1S/C17H18ClN3O2/c1-19-16(22)13-8-6-12(7-9-13)10-20-17(23)21-11-14-4-2-3-5-15(14)18/h2-9H,10-11H2,1H3,(H,19,22)(H2,20,21,23). The van der Waals surface area contributed by atoms with E-state index in [9.17, 15) is 9.59 Å². The summed E-state index contributed by atoms with van der Waals surface area (Å²) in [6.45, 7) is 0.740. The van der Waals surface area contributed by atoms with Crippen LogP contribution in [0.2, 0.25) is 5.02 Å². The van der Waals surface area contributed by atoms with Crippen LogP contribution in [0.4, 0.5) is 4.79 Å². The molecule has 0 aromatic heterocycles. The molecule has 5 nitrogen and oxygen atoms in total. The summed E-state index contributed by atoms with van der Waals surface area (Å²) in [7, 11) is 1.58. The maximum absolute atomic E-state index is 11.8. The second kappa shape index (κ2) is 8.19. The fraction of sp³-hybridized carbons (Fsp3) is 0.176. The molecule has 120 valence electrons. The van der Waals surface area contributed by atoms with Crippen molar-refractivity contribution >= 4 is 23.5 Å². The number of hydrogen-bond acceptors (Lipinski definition) is 2. The second-order valence-electron chi connectivity index (χ2n) is 4.90. The zero-order chi connectivity index (χ0) is 16.7. The van der Waals surface area contributed by atoms with E-state index in [1.165, 1.54) is 0 Å². The van der Waals surface area contributed by atoms with Crippen LogP contribution in [0.3, 0.4) is 0 Å². The number of urea groups is 1. The van der Waals surface area contributed by atoms with E-state index in [1.807, 2.05) is 18.2 Å². The molecule has 0 spiro atoms. The number of nitrogens with one attached hydrogen (secondary N) is 3. The van der Waals surface area contributed by atoms with E-state index in [4.69, 9.17) is 11.6 Å². The van der Waals surface area contributed by atoms with E-state index >= 15 is 0 Å². The summed E-state index contributed by atoms with van der Waals surface area (Å²) >= 11 is 6.03. The van der Waals surface area contributed by atoms with Crippen molar-refractivity contribution in [2.75, 3.05) is 7.05 Å². The van der Waals surface area contributed by atoms with E-state index in [0.717, 1.165) is 11.1 Å². The number of benzene rings is 2. The summed E-state index contributed by atoms with van der Waals surface area (Å²) in [4.78, 5) is 23.2. The average molecular weight is 332 g/mol. The molecule has 2 rings (SSSR count). The van der Waals surface area contributed by atoms with Crippen molar-refractivity contribution in [3.05, 3.63) is 70.2 Å². The largest absolute Gasteiger partial charge is 0.355 e. The third-order valence-electron chi connectivity index (χ3n) is 3.29. The average Bonchev–Trinajstić information content (AvgIpc) is 2.59. The molecule has 0 bridgehead atoms. The van der Waals surface area contributed by atoms with Crippen LogP contribution in [0.1, 0.15) is 21.5 Å². The Morgan fingerprint density at radius 3 is 2.26 bits per heavy atom. The number of carbonyl (C=O) groups is 2. The van der Waals surface area contributed by atoms with Gasteiger partial charge in [-0.3, -0.25) is 4.79 Å². The molecule has 0 heterocycles. The number of hydrogen-bond donors (Lipinski definition) is 3. The van der Waals surface area contributed by atoms with E-state index in [-0.39, 0.29) is 11.9 Å². The smallest absolute Gasteiger partial charge is 0.315 e. The fourth-order valence-electron chi connectivity index (χ4n) is 1.98. The highest BCUT2D eigenvalue weighted by Gasteiger charge is 2.05. The summed E-state index contributed by atoms with van der Waals surface area (Å²) in [5.74, 6) is -0.137. The molecule has 23 heavy (non-hydrogen) atoms. The molecule has 0 saturated carbocycles. The highest BCUT2D eigenvalue weighted by molar-refractivity contribution is 6.31. The normalized spacial score (nSPS) is 10.0. The summed E-state index contributed by atoms with van der Waals surface area (Å²) in [5, 5.41) is 8.69. The molecule has 0 atom stereocenters. The van der Waals surface area contributed by atoms with Crippen molar-refractivity contribution in [3.63, 3.8) is 0 Å². The predicted molar refractivity (Wildman–Crippen MR) is 90.4 cm³/mol. The van der Waals surface area contributed by atoms with Crippen molar-refractivity contribution in [2.45, 2.75) is 13.1 Å². The van der Waals surface area contributed by atoms with Crippen LogP contribution in [0.5, 0.6) is 0 Å². The maximum atomic E-state index is 11.8. The summed E-state index contributed by atoms with van der Waals surface area (Å²) in [6.07, 6.45) is 0. The molecular weight excluding hydrogens is 314 g/mol. The molecule has 0 aliphatic heterocycles. The first-order valence-corrected chi connectivity index (χ1v) is 7.54. The van der Waals surface area contributed by atoms with E-state index in [1.54, 1.807) is 37.4 Å². The van der Waals surface area contributed by atoms with Crippen LogP contribution in [0.15, 0.2) is 48.5 Å². The van der Waals surface area contributed by atoms with E-state index in [2.05, 4.69) is 16.0 Å². The zero-order valence-corrected chi connectivity index (χ0v) is 13.5. The minimum absolute atomic E-state index is 0.137. The van der Waals surface area contributed by atoms with Gasteiger partial charge in [-0.1, -0.05) is 41.9 Å². The van der Waals surface area contributed by atoms with Gasteiger partial charge in [0.05, 0.1) is 0 Å². The molecule has 0 aliphatic rings. The molecule has 0 fully saturated rings. The predicted octanol–water partition coefficient (Wildman–Crippen LogP) is 2.70. The number of carbonyl (C=O) groups excluding carboxylic acids is 2. The summed E-state index contributed by atoms with van der Waals surface area (Å²) in [6, 6.07) is 14.1. The Bertz CT molecular complexity index is 686. The molecule has 0 unspecified atom stereocenters. The lowest BCUT2D eigenvalue weighted by Gasteiger charge is -2.09. The molecule has 0 aliphatic carbocycles. The topological polar surface area (TPSA) is 70.2 Å². The molecular formula is C17H18ClN3O2. The highest BCUT2D eigenvalue weighted by atomic mass is 35.5. The lowest BCUT2D eigenvalue weighted by Crippen LogP contribution is -2.34. The van der Waals surface area contributed by atoms with Gasteiger partial charge in [0.2, 0.25) is 0 Å². The van der Waals surface area contributed by atoms with Gasteiger partial charge in [0.15, 0.2) is 0 Å². The first kappa shape index (κ1) is 16.8. The Labute approximate surface area is 140 Å². The van der Waals surface area contributed by atoms with Crippen LogP contribution in [-0.4, -0.2) is 19.0 Å². The van der Waals surface area contributed by atoms with Crippen molar-refractivity contribution in [2.24, 2.45) is 0 Å². The van der Waals surface area contributed by atoms with Crippen molar-refractivity contribution in [1.29, 1.82) is 0 Å². The summed E-state index contributed by atoms with van der Waals surface area (Å²) < 4.78 is 0. The molecule has 0 radical (unpaired) electrons. The molecule has 6 heteroatoms. The number of halogens is 1. The third-order valence-corrected chi connectivity index (χ3v) is 3.66. The van der Waals surface area contributed by atoms with Gasteiger partial charge in [0, 0.05) is 30.7 Å². The van der Waals surface area contributed by atoms with Gasteiger partial charge in [-0.15, -0.1) is 0 Å². The summed E-state index contributed by atoms with van der Waals surface area (Å²) in [5.41, 5.74) is 2.35. The highest BCUT2D eigenvalue weighted by Crippen LogP contribution is 2.14. The molecule has 3 amide bonds. The Balaban J connectivity index is 1.80. The SMILES string of the molecule is CNC(=O)c1ccc(CNC(=O)NCc2ccccc2Cl)cc1. The third kappa shape index (κ3) is 5.00. The Hall–Kier alpha value is -2.53. The Kier molecular flexibility index (Phi) is 6.00. The molecule has 2 aromatic carbocycles.